The molecular weight excluding hydrogens is 303 g/mol. The Morgan fingerprint density at radius 1 is 1.00 bits per heavy atom. The van der Waals surface area contributed by atoms with Crippen LogP contribution in [0, 0.1) is 0 Å². The second-order valence-corrected chi connectivity index (χ2v) is 4.54. The number of rotatable bonds is 4. The summed E-state index contributed by atoms with van der Waals surface area (Å²) in [7, 11) is 0. The van der Waals surface area contributed by atoms with Gasteiger partial charge in [0.2, 0.25) is 0 Å². The van der Waals surface area contributed by atoms with E-state index in [9.17, 15) is 4.55 Å². The first-order chi connectivity index (χ1) is 9.28. The van der Waals surface area contributed by atoms with Crippen molar-refractivity contribution in [3.05, 3.63) is 59.1 Å². The Bertz CT molecular complexity index is 474. The number of benzene rings is 2. The summed E-state index contributed by atoms with van der Waals surface area (Å²) in [5.74, 6) is 0.748. The Morgan fingerprint density at radius 2 is 1.55 bits per heavy atom. The molecule has 0 radical (unpaired) electrons. The molecule has 2 nitrogen and oxygen atoms in total. The Kier molecular flexibility index (Phi) is 11.4. The van der Waals surface area contributed by atoms with Crippen LogP contribution in [0.2, 0.25) is 5.02 Å². The van der Waals surface area contributed by atoms with E-state index in [1.54, 1.807) is 24.3 Å². The van der Waals surface area contributed by atoms with Gasteiger partial charge in [0, 0.05) is 5.02 Å². The third-order valence-electron chi connectivity index (χ3n) is 2.24. The third kappa shape index (κ3) is 7.02. The Morgan fingerprint density at radius 3 is 2.05 bits per heavy atom. The molecule has 0 atom stereocenters. The smallest absolute Gasteiger partial charge is 0.795 e. The molecule has 0 unspecified atom stereocenters. The topological polar surface area (TPSA) is 32.3 Å². The molecule has 0 aliphatic carbocycles. The molecular formula is C15H16ClNaO2S. The summed E-state index contributed by atoms with van der Waals surface area (Å²) in [5.41, 5.74) is 1.05. The van der Waals surface area contributed by atoms with Gasteiger partial charge in [-0.05, 0) is 46.9 Å². The van der Waals surface area contributed by atoms with Crippen molar-refractivity contribution in [3.8, 4) is 5.75 Å². The van der Waals surface area contributed by atoms with Gasteiger partial charge in [0.1, 0.15) is 12.4 Å². The van der Waals surface area contributed by atoms with Crippen LogP contribution >= 0.6 is 23.6 Å². The zero-order valence-electron chi connectivity index (χ0n) is 11.9. The number of ether oxygens (including phenoxy) is 1. The average molecular weight is 319 g/mol. The fourth-order valence-electron chi connectivity index (χ4n) is 1.34. The van der Waals surface area contributed by atoms with E-state index in [0.717, 1.165) is 11.3 Å². The van der Waals surface area contributed by atoms with Crippen molar-refractivity contribution in [2.24, 2.45) is 0 Å². The number of hydrogen-bond donors (Lipinski definition) is 0. The third-order valence-corrected chi connectivity index (χ3v) is 2.96. The largest absolute Gasteiger partial charge is 1.00 e. The van der Waals surface area contributed by atoms with Gasteiger partial charge in [-0.1, -0.05) is 37.6 Å². The molecule has 0 aromatic heterocycles. The second-order valence-electron chi connectivity index (χ2n) is 3.47. The van der Waals surface area contributed by atoms with E-state index in [2.05, 4.69) is 0 Å². The molecule has 5 heteroatoms. The van der Waals surface area contributed by atoms with Crippen LogP contribution in [0.1, 0.15) is 19.4 Å². The van der Waals surface area contributed by atoms with Gasteiger partial charge in [0.05, 0.1) is 0 Å². The van der Waals surface area contributed by atoms with Crippen molar-refractivity contribution in [3.63, 3.8) is 0 Å². The quantitative estimate of drug-likeness (QED) is 0.640. The molecule has 20 heavy (non-hydrogen) atoms. The predicted octanol–water partition coefficient (Wildman–Crippen LogP) is 2.17. The molecule has 0 saturated carbocycles. The number of halogens is 1. The van der Waals surface area contributed by atoms with Crippen LogP contribution in [0.4, 0.5) is 0 Å². The van der Waals surface area contributed by atoms with Gasteiger partial charge in [-0.2, -0.15) is 0 Å². The normalized spacial score (nSPS) is 9.00. The molecule has 0 spiro atoms. The van der Waals surface area contributed by atoms with Crippen molar-refractivity contribution in [1.29, 1.82) is 0 Å². The van der Waals surface area contributed by atoms with E-state index in [-0.39, 0.29) is 29.6 Å². The van der Waals surface area contributed by atoms with Crippen molar-refractivity contribution in [2.75, 3.05) is 0 Å². The fourth-order valence-corrected chi connectivity index (χ4v) is 1.71. The summed E-state index contributed by atoms with van der Waals surface area (Å²) in [6.07, 6.45) is 0. The Labute approximate surface area is 152 Å². The Balaban J connectivity index is 0.00000115. The molecule has 0 amide bonds. The molecule has 0 aliphatic heterocycles. The minimum atomic E-state index is 0. The predicted molar refractivity (Wildman–Crippen MR) is 80.2 cm³/mol. The summed E-state index contributed by atoms with van der Waals surface area (Å²) in [6, 6.07) is 14.6. The van der Waals surface area contributed by atoms with Gasteiger partial charge in [-0.15, -0.1) is 0 Å². The van der Waals surface area contributed by atoms with E-state index in [0.29, 0.717) is 28.6 Å². The second kappa shape index (κ2) is 11.5. The van der Waals surface area contributed by atoms with Crippen LogP contribution < -0.4 is 34.3 Å². The van der Waals surface area contributed by atoms with Crippen LogP contribution in [0.25, 0.3) is 0 Å². The zero-order chi connectivity index (χ0) is 14.1. The van der Waals surface area contributed by atoms with Crippen molar-refractivity contribution in [1.82, 2.24) is 0 Å². The minimum absolute atomic E-state index is 0. The SMILES string of the molecule is CC.[Na+].[O-]Sc1ccc(OCc2ccc(Cl)cc2)cc1. The first-order valence-corrected chi connectivity index (χ1v) is 7.17. The summed E-state index contributed by atoms with van der Waals surface area (Å²) in [5, 5.41) is 0.713. The van der Waals surface area contributed by atoms with E-state index >= 15 is 0 Å². The van der Waals surface area contributed by atoms with Crippen LogP contribution in [-0.2, 0) is 6.61 Å². The average Bonchev–Trinajstić information content (AvgIpc) is 2.49. The molecule has 2 rings (SSSR count). The van der Waals surface area contributed by atoms with Crippen molar-refractivity contribution < 1.29 is 38.8 Å². The van der Waals surface area contributed by atoms with Crippen molar-refractivity contribution in [2.45, 2.75) is 25.3 Å². The maximum absolute atomic E-state index is 10.5. The molecule has 0 aliphatic rings. The molecule has 102 valence electrons. The molecule has 0 bridgehead atoms. The molecule has 0 N–H and O–H groups in total. The van der Waals surface area contributed by atoms with E-state index in [4.69, 9.17) is 16.3 Å². The van der Waals surface area contributed by atoms with E-state index in [1.165, 1.54) is 0 Å². The van der Waals surface area contributed by atoms with Gasteiger partial charge in [0.15, 0.2) is 0 Å². The first kappa shape index (κ1) is 19.8. The van der Waals surface area contributed by atoms with E-state index < -0.39 is 0 Å². The van der Waals surface area contributed by atoms with Gasteiger partial charge in [-0.25, -0.2) is 12.0 Å². The van der Waals surface area contributed by atoms with E-state index in [1.807, 2.05) is 38.1 Å². The zero-order valence-corrected chi connectivity index (χ0v) is 15.5. The number of hydrogen-bond acceptors (Lipinski definition) is 3. The summed E-state index contributed by atoms with van der Waals surface area (Å²) >= 11 is 6.26. The minimum Gasteiger partial charge on any atom is -0.795 e. The summed E-state index contributed by atoms with van der Waals surface area (Å²) in [4.78, 5) is 0.684. The van der Waals surface area contributed by atoms with Crippen molar-refractivity contribution >= 4 is 23.6 Å². The molecule has 0 saturated heterocycles. The summed E-state index contributed by atoms with van der Waals surface area (Å²) < 4.78 is 16.1. The molecule has 2 aromatic rings. The molecule has 2 aromatic carbocycles. The van der Waals surface area contributed by atoms with Gasteiger partial charge < -0.3 is 9.29 Å². The Hall–Kier alpha value is -0.160. The van der Waals surface area contributed by atoms with Crippen LogP contribution in [0.3, 0.4) is 0 Å². The first-order valence-electron chi connectivity index (χ1n) is 6.05. The maximum atomic E-state index is 10.5. The molecule has 0 fully saturated rings. The van der Waals surface area contributed by atoms with Gasteiger partial charge in [-0.3, -0.25) is 0 Å². The van der Waals surface area contributed by atoms with Crippen LogP contribution in [0.15, 0.2) is 53.4 Å². The van der Waals surface area contributed by atoms with Gasteiger partial charge >= 0.3 is 29.6 Å². The maximum Gasteiger partial charge on any atom is 1.00 e. The fraction of sp³-hybridized carbons (Fsp3) is 0.200. The summed E-state index contributed by atoms with van der Waals surface area (Å²) in [6.45, 7) is 4.49. The standard InChI is InChI=1S/C13H11ClO2S.C2H6.Na/c14-11-3-1-10(2-4-11)9-16-12-5-7-13(17-15)8-6-12;1-2;/h1-8,15H,9H2;1-2H3;/q;;+1/p-1. The molecule has 0 heterocycles. The van der Waals surface area contributed by atoms with Crippen LogP contribution in [0.5, 0.6) is 5.75 Å². The van der Waals surface area contributed by atoms with Crippen LogP contribution in [-0.4, -0.2) is 4.55 Å². The van der Waals surface area contributed by atoms with Gasteiger partial charge in [0.25, 0.3) is 0 Å². The monoisotopic (exact) mass is 318 g/mol.